The van der Waals surface area contributed by atoms with Crippen molar-refractivity contribution in [1.82, 2.24) is 5.32 Å². The number of benzene rings is 1. The Balaban J connectivity index is 1.92. The van der Waals surface area contributed by atoms with Gasteiger partial charge in [-0.25, -0.2) is 0 Å². The summed E-state index contributed by atoms with van der Waals surface area (Å²) in [6.07, 6.45) is 4.02. The number of para-hydroxylation sites is 1. The van der Waals surface area contributed by atoms with Crippen LogP contribution in [0.1, 0.15) is 44.1 Å². The van der Waals surface area contributed by atoms with Crippen molar-refractivity contribution < 1.29 is 14.3 Å². The summed E-state index contributed by atoms with van der Waals surface area (Å²) in [5.41, 5.74) is 0.426. The monoisotopic (exact) mass is 285 g/mol. The summed E-state index contributed by atoms with van der Waals surface area (Å²) < 4.78 is 6.25. The highest BCUT2D eigenvalue weighted by Crippen LogP contribution is 2.55. The molecule has 1 aromatic rings. The van der Waals surface area contributed by atoms with Crippen molar-refractivity contribution in [2.75, 3.05) is 0 Å². The Labute approximate surface area is 123 Å². The molecule has 4 rings (SSSR count). The third-order valence-corrected chi connectivity index (χ3v) is 5.33. The first-order chi connectivity index (χ1) is 10.1. The van der Waals surface area contributed by atoms with Crippen LogP contribution in [-0.2, 0) is 9.59 Å². The average molecular weight is 285 g/mol. The molecule has 1 aromatic carbocycles. The molecular formula is C17H19NO3. The molecule has 2 heterocycles. The Morgan fingerprint density at radius 3 is 2.95 bits per heavy atom. The van der Waals surface area contributed by atoms with E-state index in [1.54, 1.807) is 0 Å². The predicted molar refractivity (Wildman–Crippen MR) is 76.8 cm³/mol. The molecular weight excluding hydrogens is 266 g/mol. The maximum atomic E-state index is 12.5. The van der Waals surface area contributed by atoms with Crippen molar-refractivity contribution in [3.63, 3.8) is 0 Å². The number of hydrogen-bond donors (Lipinski definition) is 1. The number of ketones is 1. The normalized spacial score (nSPS) is 36.8. The lowest BCUT2D eigenvalue weighted by atomic mass is 9.61. The van der Waals surface area contributed by atoms with E-state index < -0.39 is 11.6 Å². The second-order valence-electron chi connectivity index (χ2n) is 6.49. The number of hydrogen-bond acceptors (Lipinski definition) is 3. The number of rotatable bonds is 1. The van der Waals surface area contributed by atoms with E-state index in [9.17, 15) is 9.59 Å². The van der Waals surface area contributed by atoms with Gasteiger partial charge in [0, 0.05) is 18.3 Å². The van der Waals surface area contributed by atoms with Gasteiger partial charge in [-0.2, -0.15) is 0 Å². The standard InChI is InChI=1S/C17H19NO3/c1-10(19)14-15-11-6-2-3-8-13(11)21-17(18-16(14)20)9-5-4-7-12(15)17/h2-3,6,8,12,14-15H,4-5,7,9H2,1H3,(H,18,20)/t12-,14-,15+,17-/m0/s1. The number of Topliss-reactive ketones (excluding diaryl/α,β-unsaturated/α-hetero) is 1. The number of carbonyl (C=O) groups is 2. The SMILES string of the molecule is CC(=O)[C@@H]1C(=O)N[C@]23CCCC[C@H]2[C@H]1c1ccccc1O3. The van der Waals surface area contributed by atoms with Gasteiger partial charge in [-0.1, -0.05) is 24.6 Å². The van der Waals surface area contributed by atoms with E-state index in [0.29, 0.717) is 0 Å². The fourth-order valence-corrected chi connectivity index (χ4v) is 4.51. The van der Waals surface area contributed by atoms with Gasteiger partial charge < -0.3 is 10.1 Å². The maximum Gasteiger partial charge on any atom is 0.234 e. The molecule has 0 spiro atoms. The number of amides is 1. The lowest BCUT2D eigenvalue weighted by molar-refractivity contribution is -0.160. The van der Waals surface area contributed by atoms with Crippen LogP contribution in [0.4, 0.5) is 0 Å². The van der Waals surface area contributed by atoms with Gasteiger partial charge >= 0.3 is 0 Å². The van der Waals surface area contributed by atoms with E-state index in [4.69, 9.17) is 4.74 Å². The van der Waals surface area contributed by atoms with E-state index in [1.807, 2.05) is 24.3 Å². The topological polar surface area (TPSA) is 55.4 Å². The number of fused-ring (bicyclic) bond motifs is 2. The lowest BCUT2D eigenvalue weighted by Crippen LogP contribution is -2.69. The summed E-state index contributed by atoms with van der Waals surface area (Å²) in [5.74, 6) is 0.195. The number of piperidine rings is 1. The van der Waals surface area contributed by atoms with Crippen LogP contribution in [0.2, 0.25) is 0 Å². The highest BCUT2D eigenvalue weighted by molar-refractivity contribution is 6.02. The fraction of sp³-hybridized carbons (Fsp3) is 0.529. The molecule has 1 saturated heterocycles. The van der Waals surface area contributed by atoms with Crippen molar-refractivity contribution in [2.24, 2.45) is 11.8 Å². The molecule has 2 bridgehead atoms. The summed E-state index contributed by atoms with van der Waals surface area (Å²) in [6, 6.07) is 7.86. The van der Waals surface area contributed by atoms with Crippen molar-refractivity contribution in [3.05, 3.63) is 29.8 Å². The van der Waals surface area contributed by atoms with Crippen molar-refractivity contribution in [3.8, 4) is 5.75 Å². The molecule has 4 atom stereocenters. The van der Waals surface area contributed by atoms with Crippen molar-refractivity contribution in [2.45, 2.75) is 44.2 Å². The molecule has 1 N–H and O–H groups in total. The zero-order chi connectivity index (χ0) is 14.6. The van der Waals surface area contributed by atoms with Crippen LogP contribution < -0.4 is 10.1 Å². The molecule has 3 aliphatic rings. The Bertz CT molecular complexity index is 626. The van der Waals surface area contributed by atoms with Crippen LogP contribution in [0.15, 0.2) is 24.3 Å². The summed E-state index contributed by atoms with van der Waals surface area (Å²) >= 11 is 0. The Hall–Kier alpha value is -1.84. The molecule has 21 heavy (non-hydrogen) atoms. The van der Waals surface area contributed by atoms with E-state index in [1.165, 1.54) is 6.92 Å². The molecule has 4 nitrogen and oxygen atoms in total. The molecule has 0 radical (unpaired) electrons. The van der Waals surface area contributed by atoms with Crippen LogP contribution in [0.25, 0.3) is 0 Å². The molecule has 0 aromatic heterocycles. The van der Waals surface area contributed by atoms with Crippen LogP contribution in [0, 0.1) is 11.8 Å². The first-order valence-corrected chi connectivity index (χ1v) is 7.73. The van der Waals surface area contributed by atoms with E-state index in [-0.39, 0.29) is 23.5 Å². The van der Waals surface area contributed by atoms with Crippen LogP contribution in [0.5, 0.6) is 5.75 Å². The fourth-order valence-electron chi connectivity index (χ4n) is 4.51. The second-order valence-corrected chi connectivity index (χ2v) is 6.49. The highest BCUT2D eigenvalue weighted by atomic mass is 16.5. The predicted octanol–water partition coefficient (Wildman–Crippen LogP) is 2.38. The third-order valence-electron chi connectivity index (χ3n) is 5.33. The molecule has 110 valence electrons. The summed E-state index contributed by atoms with van der Waals surface area (Å²) in [5, 5.41) is 3.05. The third kappa shape index (κ3) is 1.68. The van der Waals surface area contributed by atoms with Gasteiger partial charge in [-0.05, 0) is 31.4 Å². The number of carbonyl (C=O) groups excluding carboxylic acids is 2. The number of nitrogens with one attached hydrogen (secondary N) is 1. The summed E-state index contributed by atoms with van der Waals surface area (Å²) in [6.45, 7) is 1.53. The molecule has 0 unspecified atom stereocenters. The van der Waals surface area contributed by atoms with E-state index in [2.05, 4.69) is 5.32 Å². The van der Waals surface area contributed by atoms with Gasteiger partial charge in [-0.15, -0.1) is 0 Å². The van der Waals surface area contributed by atoms with Crippen LogP contribution >= 0.6 is 0 Å². The minimum absolute atomic E-state index is 0.0403. The quantitative estimate of drug-likeness (QED) is 0.806. The highest BCUT2D eigenvalue weighted by Gasteiger charge is 2.59. The van der Waals surface area contributed by atoms with Crippen molar-refractivity contribution in [1.29, 1.82) is 0 Å². The van der Waals surface area contributed by atoms with Gasteiger partial charge in [0.1, 0.15) is 17.5 Å². The van der Waals surface area contributed by atoms with Crippen LogP contribution in [-0.4, -0.2) is 17.4 Å². The maximum absolute atomic E-state index is 12.5. The summed E-state index contributed by atoms with van der Waals surface area (Å²) in [7, 11) is 0. The minimum Gasteiger partial charge on any atom is -0.467 e. The first kappa shape index (κ1) is 12.9. The smallest absolute Gasteiger partial charge is 0.234 e. The first-order valence-electron chi connectivity index (χ1n) is 7.73. The molecule has 2 fully saturated rings. The zero-order valence-electron chi connectivity index (χ0n) is 12.1. The second kappa shape index (κ2) is 4.33. The number of ether oxygens (including phenoxy) is 1. The van der Waals surface area contributed by atoms with Gasteiger partial charge in [-0.3, -0.25) is 9.59 Å². The Kier molecular flexibility index (Phi) is 2.65. The largest absolute Gasteiger partial charge is 0.467 e. The Morgan fingerprint density at radius 2 is 2.14 bits per heavy atom. The molecule has 2 aliphatic heterocycles. The van der Waals surface area contributed by atoms with Crippen molar-refractivity contribution >= 4 is 11.7 Å². The van der Waals surface area contributed by atoms with Gasteiger partial charge in [0.15, 0.2) is 5.72 Å². The molecule has 1 aliphatic carbocycles. The van der Waals surface area contributed by atoms with Gasteiger partial charge in [0.05, 0.1) is 0 Å². The molecule has 4 heteroatoms. The molecule has 1 saturated carbocycles. The minimum atomic E-state index is -0.597. The van der Waals surface area contributed by atoms with Gasteiger partial charge in [0.2, 0.25) is 5.91 Å². The van der Waals surface area contributed by atoms with E-state index in [0.717, 1.165) is 37.0 Å². The lowest BCUT2D eigenvalue weighted by Gasteiger charge is -2.56. The molecule has 1 amide bonds. The summed E-state index contributed by atoms with van der Waals surface area (Å²) in [4.78, 5) is 24.6. The van der Waals surface area contributed by atoms with Crippen LogP contribution in [0.3, 0.4) is 0 Å². The van der Waals surface area contributed by atoms with Gasteiger partial charge in [0.25, 0.3) is 0 Å². The van der Waals surface area contributed by atoms with E-state index >= 15 is 0 Å². The Morgan fingerprint density at radius 1 is 1.33 bits per heavy atom. The zero-order valence-corrected chi connectivity index (χ0v) is 12.1. The average Bonchev–Trinajstić information content (AvgIpc) is 2.45.